The van der Waals surface area contributed by atoms with Gasteiger partial charge < -0.3 is 10.2 Å². The highest BCUT2D eigenvalue weighted by Gasteiger charge is 2.30. The first-order chi connectivity index (χ1) is 10.6. The number of pyridine rings is 1. The SMILES string of the molecule is O=C(Nc1ccc(Cl)c(Cl)c1)N1CCSC1c1cccnc1. The fourth-order valence-corrected chi connectivity index (χ4v) is 3.78. The van der Waals surface area contributed by atoms with Gasteiger partial charge in [0, 0.05) is 35.9 Å². The number of benzene rings is 1. The molecule has 0 radical (unpaired) electrons. The molecule has 22 heavy (non-hydrogen) atoms. The van der Waals surface area contributed by atoms with Gasteiger partial charge >= 0.3 is 6.03 Å². The first-order valence-corrected chi connectivity index (χ1v) is 8.50. The topological polar surface area (TPSA) is 45.2 Å². The van der Waals surface area contributed by atoms with Crippen molar-refractivity contribution in [2.24, 2.45) is 0 Å². The zero-order valence-corrected chi connectivity index (χ0v) is 13.8. The second-order valence-corrected chi connectivity index (χ2v) is 6.76. The van der Waals surface area contributed by atoms with Crippen LogP contribution in [0.2, 0.25) is 10.0 Å². The summed E-state index contributed by atoms with van der Waals surface area (Å²) in [5.41, 5.74) is 1.65. The van der Waals surface area contributed by atoms with E-state index in [9.17, 15) is 4.79 Å². The summed E-state index contributed by atoms with van der Waals surface area (Å²) >= 11 is 13.6. The first-order valence-electron chi connectivity index (χ1n) is 6.69. The lowest BCUT2D eigenvalue weighted by atomic mass is 10.2. The van der Waals surface area contributed by atoms with Crippen molar-refractivity contribution in [3.8, 4) is 0 Å². The highest BCUT2D eigenvalue weighted by molar-refractivity contribution is 7.99. The molecule has 2 aromatic rings. The van der Waals surface area contributed by atoms with Crippen molar-refractivity contribution >= 4 is 46.7 Å². The number of halogens is 2. The smallest absolute Gasteiger partial charge is 0.308 e. The van der Waals surface area contributed by atoms with Gasteiger partial charge in [0.2, 0.25) is 0 Å². The van der Waals surface area contributed by atoms with E-state index in [-0.39, 0.29) is 11.4 Å². The number of urea groups is 1. The number of hydrogen-bond donors (Lipinski definition) is 1. The Morgan fingerprint density at radius 2 is 2.18 bits per heavy atom. The van der Waals surface area contributed by atoms with E-state index < -0.39 is 0 Å². The van der Waals surface area contributed by atoms with Gasteiger partial charge in [-0.2, -0.15) is 0 Å². The summed E-state index contributed by atoms with van der Waals surface area (Å²) < 4.78 is 0. The van der Waals surface area contributed by atoms with Crippen LogP contribution in [0.1, 0.15) is 10.9 Å². The van der Waals surface area contributed by atoms with Gasteiger partial charge in [-0.1, -0.05) is 29.3 Å². The Morgan fingerprint density at radius 1 is 1.32 bits per heavy atom. The predicted molar refractivity (Wildman–Crippen MR) is 91.6 cm³/mol. The Bertz CT molecular complexity index is 684. The van der Waals surface area contributed by atoms with Crippen LogP contribution in [-0.4, -0.2) is 28.2 Å². The van der Waals surface area contributed by atoms with E-state index >= 15 is 0 Å². The summed E-state index contributed by atoms with van der Waals surface area (Å²) in [6, 6.07) is 8.74. The number of nitrogens with zero attached hydrogens (tertiary/aromatic N) is 2. The number of hydrogen-bond acceptors (Lipinski definition) is 3. The molecule has 1 aliphatic rings. The maximum absolute atomic E-state index is 12.5. The fourth-order valence-electron chi connectivity index (χ4n) is 2.25. The Kier molecular flexibility index (Phi) is 4.76. The first kappa shape index (κ1) is 15.5. The largest absolute Gasteiger partial charge is 0.323 e. The third-order valence-electron chi connectivity index (χ3n) is 3.29. The minimum Gasteiger partial charge on any atom is -0.308 e. The Balaban J connectivity index is 1.75. The molecule has 7 heteroatoms. The van der Waals surface area contributed by atoms with E-state index in [2.05, 4.69) is 10.3 Å². The van der Waals surface area contributed by atoms with Gasteiger partial charge in [0.25, 0.3) is 0 Å². The number of rotatable bonds is 2. The highest BCUT2D eigenvalue weighted by Crippen LogP contribution is 2.37. The van der Waals surface area contributed by atoms with Crippen LogP contribution in [0.4, 0.5) is 10.5 Å². The molecule has 1 aromatic heterocycles. The third-order valence-corrected chi connectivity index (χ3v) is 5.29. The van der Waals surface area contributed by atoms with Crippen molar-refractivity contribution in [2.75, 3.05) is 17.6 Å². The molecule has 1 fully saturated rings. The van der Waals surface area contributed by atoms with Crippen molar-refractivity contribution < 1.29 is 4.79 Å². The van der Waals surface area contributed by atoms with E-state index in [0.29, 0.717) is 22.3 Å². The summed E-state index contributed by atoms with van der Waals surface area (Å²) in [5, 5.41) is 3.72. The Morgan fingerprint density at radius 3 is 2.91 bits per heavy atom. The van der Waals surface area contributed by atoms with Gasteiger partial charge in [0.15, 0.2) is 0 Å². The highest BCUT2D eigenvalue weighted by atomic mass is 35.5. The molecule has 1 saturated heterocycles. The van der Waals surface area contributed by atoms with Crippen molar-refractivity contribution in [2.45, 2.75) is 5.37 Å². The summed E-state index contributed by atoms with van der Waals surface area (Å²) in [6.45, 7) is 0.692. The lowest BCUT2D eigenvalue weighted by molar-refractivity contribution is 0.214. The average Bonchev–Trinajstić information content (AvgIpc) is 3.01. The van der Waals surface area contributed by atoms with Crippen molar-refractivity contribution in [3.63, 3.8) is 0 Å². The van der Waals surface area contributed by atoms with Crippen LogP contribution in [0.3, 0.4) is 0 Å². The zero-order valence-electron chi connectivity index (χ0n) is 11.5. The van der Waals surface area contributed by atoms with Gasteiger partial charge in [0.05, 0.1) is 10.0 Å². The van der Waals surface area contributed by atoms with Gasteiger partial charge in [0.1, 0.15) is 5.37 Å². The number of nitrogens with one attached hydrogen (secondary N) is 1. The van der Waals surface area contributed by atoms with Crippen molar-refractivity contribution in [1.29, 1.82) is 0 Å². The molecule has 1 aliphatic heterocycles. The van der Waals surface area contributed by atoms with Crippen LogP contribution in [0.15, 0.2) is 42.7 Å². The van der Waals surface area contributed by atoms with E-state index in [1.807, 2.05) is 12.1 Å². The molecule has 1 atom stereocenters. The molecule has 0 spiro atoms. The predicted octanol–water partition coefficient (Wildman–Crippen LogP) is 4.67. The number of carbonyl (C=O) groups is 1. The molecule has 0 aliphatic carbocycles. The van der Waals surface area contributed by atoms with Crippen molar-refractivity contribution in [1.82, 2.24) is 9.88 Å². The molecule has 1 N–H and O–H groups in total. The van der Waals surface area contributed by atoms with Crippen molar-refractivity contribution in [3.05, 3.63) is 58.3 Å². The Hall–Kier alpha value is -1.43. The van der Waals surface area contributed by atoms with Crippen LogP contribution >= 0.6 is 35.0 Å². The van der Waals surface area contributed by atoms with E-state index in [1.54, 1.807) is 47.3 Å². The molecule has 114 valence electrons. The maximum Gasteiger partial charge on any atom is 0.323 e. The molecule has 0 bridgehead atoms. The van der Waals surface area contributed by atoms with Gasteiger partial charge in [-0.15, -0.1) is 11.8 Å². The second kappa shape index (κ2) is 6.77. The second-order valence-electron chi connectivity index (χ2n) is 4.76. The van der Waals surface area contributed by atoms with E-state index in [4.69, 9.17) is 23.2 Å². The molecule has 0 saturated carbocycles. The normalized spacial score (nSPS) is 17.5. The van der Waals surface area contributed by atoms with Gasteiger partial charge in [-0.25, -0.2) is 4.79 Å². The molecule has 4 nitrogen and oxygen atoms in total. The van der Waals surface area contributed by atoms with E-state index in [0.717, 1.165) is 11.3 Å². The van der Waals surface area contributed by atoms with Crippen LogP contribution in [0.25, 0.3) is 0 Å². The van der Waals surface area contributed by atoms with Crippen LogP contribution in [-0.2, 0) is 0 Å². The molecule has 3 rings (SSSR count). The minimum atomic E-state index is -0.155. The summed E-state index contributed by atoms with van der Waals surface area (Å²) in [5.74, 6) is 0.897. The van der Waals surface area contributed by atoms with Gasteiger partial charge in [-0.05, 0) is 24.3 Å². The average molecular weight is 354 g/mol. The fraction of sp³-hybridized carbons (Fsp3) is 0.200. The van der Waals surface area contributed by atoms with Crippen LogP contribution in [0, 0.1) is 0 Å². The van der Waals surface area contributed by atoms with Crippen LogP contribution < -0.4 is 5.32 Å². The third kappa shape index (κ3) is 3.32. The number of thioether (sulfide) groups is 1. The molecule has 2 amide bonds. The maximum atomic E-state index is 12.5. The molecular formula is C15H13Cl2N3OS. The van der Waals surface area contributed by atoms with Gasteiger partial charge in [-0.3, -0.25) is 4.98 Å². The Labute approximate surface area is 142 Å². The lowest BCUT2D eigenvalue weighted by Gasteiger charge is -2.24. The molecule has 1 unspecified atom stereocenters. The lowest BCUT2D eigenvalue weighted by Crippen LogP contribution is -2.34. The van der Waals surface area contributed by atoms with Crippen LogP contribution in [0.5, 0.6) is 0 Å². The number of carbonyl (C=O) groups excluding carboxylic acids is 1. The minimum absolute atomic E-state index is 0.0172. The zero-order chi connectivity index (χ0) is 15.5. The monoisotopic (exact) mass is 353 g/mol. The van der Waals surface area contributed by atoms with E-state index in [1.165, 1.54) is 0 Å². The number of anilines is 1. The quantitative estimate of drug-likeness (QED) is 0.853. The summed E-state index contributed by atoms with van der Waals surface area (Å²) in [4.78, 5) is 18.4. The number of amides is 2. The molecular weight excluding hydrogens is 341 g/mol. The number of aromatic nitrogens is 1. The summed E-state index contributed by atoms with van der Waals surface area (Å²) in [6.07, 6.45) is 3.52. The molecule has 2 heterocycles. The standard InChI is InChI=1S/C15H13Cl2N3OS/c16-12-4-3-11(8-13(12)17)19-15(21)20-6-7-22-14(20)10-2-1-5-18-9-10/h1-5,8-9,14H,6-7H2,(H,19,21). The summed E-state index contributed by atoms with van der Waals surface area (Å²) in [7, 11) is 0. The molecule has 1 aromatic carbocycles.